The van der Waals surface area contributed by atoms with Gasteiger partial charge in [-0.05, 0) is 26.0 Å². The number of rotatable bonds is 5. The fraction of sp³-hybridized carbons (Fsp3) is 0.667. The van der Waals surface area contributed by atoms with E-state index in [1.54, 1.807) is 12.4 Å². The molecule has 2 aliphatic rings. The van der Waals surface area contributed by atoms with Crippen molar-refractivity contribution in [2.24, 2.45) is 0 Å². The van der Waals surface area contributed by atoms with Crippen molar-refractivity contribution in [1.29, 1.82) is 0 Å². The molecule has 2 fully saturated rings. The molecule has 0 saturated carbocycles. The van der Waals surface area contributed by atoms with Crippen molar-refractivity contribution in [3.05, 3.63) is 24.0 Å². The highest BCUT2D eigenvalue weighted by molar-refractivity contribution is 7.91. The Morgan fingerprint density at radius 3 is 2.54 bits per heavy atom. The van der Waals surface area contributed by atoms with E-state index >= 15 is 0 Å². The Morgan fingerprint density at radius 1 is 1.23 bits per heavy atom. The SMILES string of the molecule is CCN1CCN(C(=O)c2cncc(N(CC)C3CCS(=O)(=O)C3)c2)CC1. The number of pyridine rings is 1. The van der Waals surface area contributed by atoms with Gasteiger partial charge in [0.25, 0.3) is 5.91 Å². The minimum atomic E-state index is -2.95. The van der Waals surface area contributed by atoms with Gasteiger partial charge in [0.2, 0.25) is 0 Å². The van der Waals surface area contributed by atoms with Crippen LogP contribution in [-0.4, -0.2) is 85.9 Å². The number of amides is 1. The van der Waals surface area contributed by atoms with Crippen LogP contribution in [0.1, 0.15) is 30.6 Å². The highest BCUT2D eigenvalue weighted by atomic mass is 32.2. The lowest BCUT2D eigenvalue weighted by atomic mass is 10.1. The predicted octanol–water partition coefficient (Wildman–Crippen LogP) is 0.873. The van der Waals surface area contributed by atoms with Crippen molar-refractivity contribution in [3.63, 3.8) is 0 Å². The number of sulfone groups is 1. The number of nitrogens with zero attached hydrogens (tertiary/aromatic N) is 4. The van der Waals surface area contributed by atoms with Gasteiger partial charge in [-0.2, -0.15) is 0 Å². The second-order valence-corrected chi connectivity index (χ2v) is 9.23. The molecule has 144 valence electrons. The second kappa shape index (κ2) is 7.92. The first-order chi connectivity index (χ1) is 12.4. The zero-order chi connectivity index (χ0) is 18.7. The molecule has 1 atom stereocenters. The number of carbonyl (C=O) groups is 1. The maximum atomic E-state index is 12.8. The molecular weight excluding hydrogens is 352 g/mol. The van der Waals surface area contributed by atoms with E-state index in [2.05, 4.69) is 21.7 Å². The van der Waals surface area contributed by atoms with Crippen LogP contribution in [0.15, 0.2) is 18.5 Å². The quantitative estimate of drug-likeness (QED) is 0.755. The van der Waals surface area contributed by atoms with E-state index in [4.69, 9.17) is 0 Å². The summed E-state index contributed by atoms with van der Waals surface area (Å²) in [6.07, 6.45) is 3.96. The summed E-state index contributed by atoms with van der Waals surface area (Å²) in [7, 11) is -2.95. The molecule has 26 heavy (non-hydrogen) atoms. The van der Waals surface area contributed by atoms with Crippen LogP contribution >= 0.6 is 0 Å². The Balaban J connectivity index is 1.74. The molecule has 2 saturated heterocycles. The van der Waals surface area contributed by atoms with E-state index in [-0.39, 0.29) is 23.5 Å². The average Bonchev–Trinajstić information content (AvgIpc) is 3.01. The maximum absolute atomic E-state index is 12.8. The fourth-order valence-electron chi connectivity index (χ4n) is 3.82. The maximum Gasteiger partial charge on any atom is 0.255 e. The lowest BCUT2D eigenvalue weighted by Gasteiger charge is -2.34. The number of likely N-dealkylation sites (N-methyl/N-ethyl adjacent to an activating group) is 1. The van der Waals surface area contributed by atoms with Crippen molar-refractivity contribution in [1.82, 2.24) is 14.8 Å². The zero-order valence-corrected chi connectivity index (χ0v) is 16.4. The molecule has 0 N–H and O–H groups in total. The summed E-state index contributed by atoms with van der Waals surface area (Å²) in [4.78, 5) is 23.4. The molecule has 3 heterocycles. The molecule has 0 aliphatic carbocycles. The summed E-state index contributed by atoms with van der Waals surface area (Å²) in [5.74, 6) is 0.421. The summed E-state index contributed by atoms with van der Waals surface area (Å²) < 4.78 is 23.6. The number of aromatic nitrogens is 1. The molecule has 1 amide bonds. The topological polar surface area (TPSA) is 73.8 Å². The zero-order valence-electron chi connectivity index (χ0n) is 15.6. The molecule has 0 aromatic carbocycles. The summed E-state index contributed by atoms with van der Waals surface area (Å²) in [6.45, 7) is 9.09. The first kappa shape index (κ1) is 19.1. The molecule has 0 bridgehead atoms. The Labute approximate surface area is 155 Å². The minimum Gasteiger partial charge on any atom is -0.367 e. The highest BCUT2D eigenvalue weighted by Crippen LogP contribution is 2.24. The number of carbonyl (C=O) groups excluding carboxylic acids is 1. The highest BCUT2D eigenvalue weighted by Gasteiger charge is 2.32. The first-order valence-electron chi connectivity index (χ1n) is 9.37. The molecular formula is C18H28N4O3S. The van der Waals surface area contributed by atoms with E-state index in [9.17, 15) is 13.2 Å². The smallest absolute Gasteiger partial charge is 0.255 e. The molecule has 2 aliphatic heterocycles. The van der Waals surface area contributed by atoms with Crippen LogP contribution in [0.3, 0.4) is 0 Å². The Kier molecular flexibility index (Phi) is 5.82. The van der Waals surface area contributed by atoms with Crippen LogP contribution < -0.4 is 4.90 Å². The molecule has 1 aromatic rings. The van der Waals surface area contributed by atoms with Gasteiger partial charge in [0.1, 0.15) is 0 Å². The van der Waals surface area contributed by atoms with Gasteiger partial charge in [-0.25, -0.2) is 8.42 Å². The molecule has 0 radical (unpaired) electrons. The summed E-state index contributed by atoms with van der Waals surface area (Å²) in [6, 6.07) is 1.82. The van der Waals surface area contributed by atoms with E-state index in [0.717, 1.165) is 38.4 Å². The van der Waals surface area contributed by atoms with Crippen LogP contribution in [0.2, 0.25) is 0 Å². The first-order valence-corrected chi connectivity index (χ1v) is 11.2. The fourth-order valence-corrected chi connectivity index (χ4v) is 5.56. The third-order valence-electron chi connectivity index (χ3n) is 5.40. The molecule has 8 heteroatoms. The van der Waals surface area contributed by atoms with Gasteiger partial charge in [0, 0.05) is 45.0 Å². The van der Waals surface area contributed by atoms with Crippen LogP contribution in [0, 0.1) is 0 Å². The molecule has 1 unspecified atom stereocenters. The van der Waals surface area contributed by atoms with Gasteiger partial charge in [-0.3, -0.25) is 9.78 Å². The lowest BCUT2D eigenvalue weighted by molar-refractivity contribution is 0.0643. The van der Waals surface area contributed by atoms with Crippen molar-refractivity contribution in [2.75, 3.05) is 55.7 Å². The van der Waals surface area contributed by atoms with Crippen LogP contribution in [0.5, 0.6) is 0 Å². The normalized spacial score (nSPS) is 23.2. The van der Waals surface area contributed by atoms with E-state index in [1.165, 1.54) is 0 Å². The van der Waals surface area contributed by atoms with Crippen LogP contribution in [0.25, 0.3) is 0 Å². The van der Waals surface area contributed by atoms with Crippen LogP contribution in [0.4, 0.5) is 5.69 Å². The van der Waals surface area contributed by atoms with E-state index in [0.29, 0.717) is 18.5 Å². The largest absolute Gasteiger partial charge is 0.367 e. The molecule has 7 nitrogen and oxygen atoms in total. The standard InChI is InChI=1S/C18H28N4O3S/c1-3-20-6-8-21(9-7-20)18(23)15-11-17(13-19-12-15)22(4-2)16-5-10-26(24,25)14-16/h11-13,16H,3-10,14H2,1-2H3. The minimum absolute atomic E-state index is 0.00481. The summed E-state index contributed by atoms with van der Waals surface area (Å²) >= 11 is 0. The van der Waals surface area contributed by atoms with Crippen molar-refractivity contribution >= 4 is 21.4 Å². The third-order valence-corrected chi connectivity index (χ3v) is 7.15. The molecule has 3 rings (SSSR count). The van der Waals surface area contributed by atoms with Crippen LogP contribution in [-0.2, 0) is 9.84 Å². The van der Waals surface area contributed by atoms with Gasteiger partial charge >= 0.3 is 0 Å². The summed E-state index contributed by atoms with van der Waals surface area (Å²) in [5, 5.41) is 0. The predicted molar refractivity (Wildman–Crippen MR) is 102 cm³/mol. The van der Waals surface area contributed by atoms with Gasteiger partial charge in [0.05, 0.1) is 29.0 Å². The van der Waals surface area contributed by atoms with E-state index < -0.39 is 9.84 Å². The monoisotopic (exact) mass is 380 g/mol. The van der Waals surface area contributed by atoms with Gasteiger partial charge in [-0.15, -0.1) is 0 Å². The second-order valence-electron chi connectivity index (χ2n) is 7.00. The number of piperazine rings is 1. The molecule has 0 spiro atoms. The average molecular weight is 381 g/mol. The number of anilines is 1. The van der Waals surface area contributed by atoms with Gasteiger partial charge in [-0.1, -0.05) is 6.92 Å². The lowest BCUT2D eigenvalue weighted by Crippen LogP contribution is -2.48. The Morgan fingerprint density at radius 2 is 1.96 bits per heavy atom. The van der Waals surface area contributed by atoms with E-state index in [1.807, 2.05) is 17.9 Å². The van der Waals surface area contributed by atoms with Gasteiger partial charge < -0.3 is 14.7 Å². The Bertz CT molecular complexity index is 745. The van der Waals surface area contributed by atoms with Gasteiger partial charge in [0.15, 0.2) is 9.84 Å². The molecule has 1 aromatic heterocycles. The summed E-state index contributed by atoms with van der Waals surface area (Å²) in [5.41, 5.74) is 1.40. The van der Waals surface area contributed by atoms with Crippen molar-refractivity contribution in [2.45, 2.75) is 26.3 Å². The third kappa shape index (κ3) is 4.17. The van der Waals surface area contributed by atoms with Crippen molar-refractivity contribution in [3.8, 4) is 0 Å². The number of hydrogen-bond donors (Lipinski definition) is 0. The Hall–Kier alpha value is -1.67. The van der Waals surface area contributed by atoms with Crippen molar-refractivity contribution < 1.29 is 13.2 Å². The number of hydrogen-bond acceptors (Lipinski definition) is 6.